The van der Waals surface area contributed by atoms with Gasteiger partial charge < -0.3 is 10.6 Å². The zero-order chi connectivity index (χ0) is 21.8. The monoisotopic (exact) mass is 425 g/mol. The Balaban J connectivity index is 1.23. The molecule has 2 heterocycles. The summed E-state index contributed by atoms with van der Waals surface area (Å²) in [5.74, 6) is 0. The minimum atomic E-state index is -0.104. The van der Waals surface area contributed by atoms with Gasteiger partial charge in [-0.15, -0.1) is 0 Å². The summed E-state index contributed by atoms with van der Waals surface area (Å²) in [5.41, 5.74) is 4.37. The fourth-order valence-electron chi connectivity index (χ4n) is 5.45. The Bertz CT molecular complexity index is 1020. The number of piperidine rings is 2. The molecule has 4 nitrogen and oxygen atoms in total. The van der Waals surface area contributed by atoms with Crippen molar-refractivity contribution < 1.29 is 4.79 Å². The number of amides is 2. The highest BCUT2D eigenvalue weighted by molar-refractivity contribution is 5.94. The van der Waals surface area contributed by atoms with E-state index < -0.39 is 0 Å². The van der Waals surface area contributed by atoms with E-state index in [2.05, 4.69) is 64.1 Å². The van der Waals surface area contributed by atoms with Crippen LogP contribution in [0, 0.1) is 0 Å². The van der Waals surface area contributed by atoms with Gasteiger partial charge in [0.05, 0.1) is 5.69 Å². The van der Waals surface area contributed by atoms with Gasteiger partial charge in [0.1, 0.15) is 0 Å². The van der Waals surface area contributed by atoms with Gasteiger partial charge in [-0.2, -0.15) is 0 Å². The van der Waals surface area contributed by atoms with E-state index in [4.69, 9.17) is 0 Å². The molecule has 2 atom stereocenters. The number of rotatable bonds is 5. The maximum atomic E-state index is 12.9. The Kier molecular flexibility index (Phi) is 6.22. The van der Waals surface area contributed by atoms with Crippen LogP contribution in [0.1, 0.15) is 37.7 Å². The van der Waals surface area contributed by atoms with Gasteiger partial charge in [0.25, 0.3) is 0 Å². The van der Waals surface area contributed by atoms with Crippen LogP contribution in [0.5, 0.6) is 0 Å². The lowest BCUT2D eigenvalue weighted by Crippen LogP contribution is -2.56. The highest BCUT2D eigenvalue weighted by Crippen LogP contribution is 2.35. The molecule has 0 aromatic heterocycles. The van der Waals surface area contributed by atoms with Crippen molar-refractivity contribution in [2.45, 2.75) is 56.8 Å². The maximum absolute atomic E-state index is 12.9. The Morgan fingerprint density at radius 1 is 0.812 bits per heavy atom. The van der Waals surface area contributed by atoms with Gasteiger partial charge in [-0.3, -0.25) is 4.90 Å². The van der Waals surface area contributed by atoms with Crippen molar-refractivity contribution in [1.82, 2.24) is 10.2 Å². The molecule has 2 aliphatic heterocycles. The number of carbonyl (C=O) groups excluding carboxylic acids is 1. The molecule has 3 aromatic rings. The summed E-state index contributed by atoms with van der Waals surface area (Å²) in [5, 5.41) is 6.39. The molecule has 0 aliphatic carbocycles. The third-order valence-electron chi connectivity index (χ3n) is 6.93. The van der Waals surface area contributed by atoms with E-state index in [0.717, 1.165) is 36.2 Å². The summed E-state index contributed by atoms with van der Waals surface area (Å²) in [4.78, 5) is 15.6. The van der Waals surface area contributed by atoms with E-state index in [-0.39, 0.29) is 12.1 Å². The van der Waals surface area contributed by atoms with Crippen LogP contribution >= 0.6 is 0 Å². The fourth-order valence-corrected chi connectivity index (χ4v) is 5.45. The average molecular weight is 426 g/mol. The summed E-state index contributed by atoms with van der Waals surface area (Å²) in [6.45, 7) is 1.01. The number of carbonyl (C=O) groups is 1. The molecule has 5 rings (SSSR count). The summed E-state index contributed by atoms with van der Waals surface area (Å²) in [7, 11) is 0. The zero-order valence-corrected chi connectivity index (χ0v) is 18.4. The minimum absolute atomic E-state index is 0.104. The van der Waals surface area contributed by atoms with Crippen molar-refractivity contribution >= 4 is 11.7 Å². The van der Waals surface area contributed by atoms with E-state index >= 15 is 0 Å². The van der Waals surface area contributed by atoms with Crippen LogP contribution in [0.4, 0.5) is 10.5 Å². The lowest BCUT2D eigenvalue weighted by atomic mass is 9.81. The zero-order valence-electron chi connectivity index (χ0n) is 18.4. The first-order valence-corrected chi connectivity index (χ1v) is 11.8. The summed E-state index contributed by atoms with van der Waals surface area (Å²) < 4.78 is 0. The number of nitrogens with zero attached hydrogens (tertiary/aromatic N) is 1. The maximum Gasteiger partial charge on any atom is 0.319 e. The molecule has 2 saturated heterocycles. The first kappa shape index (κ1) is 20.8. The molecule has 2 unspecified atom stereocenters. The second kappa shape index (κ2) is 9.58. The third-order valence-corrected chi connectivity index (χ3v) is 6.93. The topological polar surface area (TPSA) is 44.4 Å². The summed E-state index contributed by atoms with van der Waals surface area (Å²) in [6, 6.07) is 30.2. The number of anilines is 1. The predicted octanol–water partition coefficient (Wildman–Crippen LogP) is 6.06. The van der Waals surface area contributed by atoms with Crippen LogP contribution in [-0.4, -0.2) is 29.1 Å². The van der Waals surface area contributed by atoms with E-state index in [1.54, 1.807) is 0 Å². The van der Waals surface area contributed by atoms with Gasteiger partial charge >= 0.3 is 6.03 Å². The van der Waals surface area contributed by atoms with Crippen LogP contribution in [0.3, 0.4) is 0 Å². The molecule has 0 saturated carbocycles. The summed E-state index contributed by atoms with van der Waals surface area (Å²) in [6.07, 6.45) is 5.79. The largest absolute Gasteiger partial charge is 0.335 e. The van der Waals surface area contributed by atoms with E-state index in [1.807, 2.05) is 36.4 Å². The molecule has 2 N–H and O–H groups in total. The lowest BCUT2D eigenvalue weighted by Gasteiger charge is -2.49. The molecule has 2 aliphatic rings. The average Bonchev–Trinajstić information content (AvgIpc) is 2.81. The highest BCUT2D eigenvalue weighted by Gasteiger charge is 2.38. The van der Waals surface area contributed by atoms with Gasteiger partial charge in [-0.1, -0.05) is 85.3 Å². The number of fused-ring (bicyclic) bond motifs is 2. The molecule has 0 spiro atoms. The molecule has 2 amide bonds. The second-order valence-electron chi connectivity index (χ2n) is 9.07. The molecule has 4 heteroatoms. The molecular formula is C28H31N3O. The van der Waals surface area contributed by atoms with Gasteiger partial charge in [0.2, 0.25) is 0 Å². The number of urea groups is 1. The quantitative estimate of drug-likeness (QED) is 0.522. The Morgan fingerprint density at radius 2 is 1.44 bits per heavy atom. The SMILES string of the molecule is O=C(Nc1ccccc1-c1ccccc1)NC1CC2CCCC(C1)N2Cc1ccccc1. The van der Waals surface area contributed by atoms with Crippen molar-refractivity contribution in [1.29, 1.82) is 0 Å². The van der Waals surface area contributed by atoms with Gasteiger partial charge in [-0.25, -0.2) is 4.79 Å². The first-order valence-electron chi connectivity index (χ1n) is 11.8. The fraction of sp³-hybridized carbons (Fsp3) is 0.321. The minimum Gasteiger partial charge on any atom is -0.335 e. The molecule has 2 fully saturated rings. The smallest absolute Gasteiger partial charge is 0.319 e. The van der Waals surface area contributed by atoms with Crippen LogP contribution in [0.25, 0.3) is 11.1 Å². The van der Waals surface area contributed by atoms with Crippen molar-refractivity contribution in [2.24, 2.45) is 0 Å². The van der Waals surface area contributed by atoms with Gasteiger partial charge in [-0.05, 0) is 42.9 Å². The van der Waals surface area contributed by atoms with Crippen molar-refractivity contribution in [3.05, 3.63) is 90.5 Å². The highest BCUT2D eigenvalue weighted by atomic mass is 16.2. The number of para-hydroxylation sites is 1. The van der Waals surface area contributed by atoms with Crippen LogP contribution in [0.2, 0.25) is 0 Å². The van der Waals surface area contributed by atoms with Crippen LogP contribution < -0.4 is 10.6 Å². The number of benzene rings is 3. The lowest BCUT2D eigenvalue weighted by molar-refractivity contribution is 0.0200. The van der Waals surface area contributed by atoms with Crippen LogP contribution in [0.15, 0.2) is 84.9 Å². The normalized spacial score (nSPS) is 22.8. The standard InChI is InChI=1S/C28H31N3O/c32-28(30-27-17-8-7-16-26(27)22-12-5-2-6-13-22)29-23-18-24-14-9-15-25(19-23)31(24)20-21-10-3-1-4-11-21/h1-8,10-13,16-17,23-25H,9,14-15,18-20H2,(H2,29,30,32). The third kappa shape index (κ3) is 4.71. The summed E-state index contributed by atoms with van der Waals surface area (Å²) >= 11 is 0. The molecule has 2 bridgehead atoms. The number of hydrogen-bond acceptors (Lipinski definition) is 2. The molecule has 0 radical (unpaired) electrons. The van der Waals surface area contributed by atoms with E-state index in [9.17, 15) is 4.79 Å². The second-order valence-corrected chi connectivity index (χ2v) is 9.07. The van der Waals surface area contributed by atoms with Crippen molar-refractivity contribution in [3.63, 3.8) is 0 Å². The molecule has 32 heavy (non-hydrogen) atoms. The molecular weight excluding hydrogens is 394 g/mol. The Morgan fingerprint density at radius 3 is 2.16 bits per heavy atom. The Labute approximate surface area is 190 Å². The van der Waals surface area contributed by atoms with Crippen molar-refractivity contribution in [2.75, 3.05) is 5.32 Å². The number of nitrogens with one attached hydrogen (secondary N) is 2. The predicted molar refractivity (Wildman–Crippen MR) is 130 cm³/mol. The molecule has 3 aromatic carbocycles. The Hall–Kier alpha value is -3.11. The molecule has 164 valence electrons. The number of hydrogen-bond donors (Lipinski definition) is 2. The van der Waals surface area contributed by atoms with E-state index in [0.29, 0.717) is 12.1 Å². The van der Waals surface area contributed by atoms with Gasteiger partial charge in [0, 0.05) is 30.2 Å². The van der Waals surface area contributed by atoms with Gasteiger partial charge in [0.15, 0.2) is 0 Å². The van der Waals surface area contributed by atoms with Crippen molar-refractivity contribution in [3.8, 4) is 11.1 Å². The van der Waals surface area contributed by atoms with E-state index in [1.165, 1.54) is 24.8 Å². The first-order chi connectivity index (χ1) is 15.8. The van der Waals surface area contributed by atoms with Crippen LogP contribution in [-0.2, 0) is 6.54 Å².